The number of rotatable bonds is 5. The second-order valence-electron chi connectivity index (χ2n) is 8.02. The topological polar surface area (TPSA) is 89.9 Å². The van der Waals surface area contributed by atoms with Crippen molar-refractivity contribution in [1.82, 2.24) is 9.47 Å². The zero-order valence-electron chi connectivity index (χ0n) is 19.0. The average molecular weight is 484 g/mol. The van der Waals surface area contributed by atoms with E-state index in [2.05, 4.69) is 5.32 Å². The molecule has 0 unspecified atom stereocenters. The van der Waals surface area contributed by atoms with E-state index in [1.165, 1.54) is 13.2 Å². The van der Waals surface area contributed by atoms with Gasteiger partial charge in [-0.2, -0.15) is 0 Å². The number of anilines is 1. The van der Waals surface area contributed by atoms with E-state index in [0.717, 1.165) is 0 Å². The molecule has 1 N–H and O–H groups in total. The van der Waals surface area contributed by atoms with Crippen LogP contribution in [-0.4, -0.2) is 48.3 Å². The summed E-state index contributed by atoms with van der Waals surface area (Å²) in [7, 11) is 1.51. The molecule has 0 saturated carbocycles. The fourth-order valence-electron chi connectivity index (χ4n) is 4.23. The number of likely N-dealkylation sites (tertiary alicyclic amines) is 1. The minimum atomic E-state index is -0.340. The van der Waals surface area contributed by atoms with Crippen LogP contribution in [0.4, 0.5) is 10.5 Å². The third kappa shape index (κ3) is 4.72. The van der Waals surface area contributed by atoms with Crippen molar-refractivity contribution >= 4 is 40.1 Å². The molecule has 0 spiro atoms. The predicted octanol–water partition coefficient (Wildman–Crippen LogP) is 4.71. The molecule has 1 aliphatic rings. The Kier molecular flexibility index (Phi) is 7.07. The third-order valence-electron chi connectivity index (χ3n) is 6.02. The molecule has 0 atom stereocenters. The standard InChI is InChI=1S/C25H26ClN3O5/c1-3-34-25(32)28-12-9-17(10-13-28)29-14-11-18-19(24(29)31)5-4-6-21(18)27-23(30)16-7-8-22(33-2)20(26)15-16/h4-8,11,14-15,17H,3,9-10,12-13H2,1-2H3,(H,27,30). The molecule has 0 radical (unpaired) electrons. The van der Waals surface area contributed by atoms with E-state index in [4.69, 9.17) is 21.1 Å². The summed E-state index contributed by atoms with van der Waals surface area (Å²) < 4.78 is 11.9. The monoisotopic (exact) mass is 483 g/mol. The van der Waals surface area contributed by atoms with Gasteiger partial charge in [-0.25, -0.2) is 4.79 Å². The van der Waals surface area contributed by atoms with Crippen LogP contribution in [0.2, 0.25) is 5.02 Å². The van der Waals surface area contributed by atoms with Gasteiger partial charge in [0.25, 0.3) is 11.5 Å². The molecule has 1 saturated heterocycles. The van der Waals surface area contributed by atoms with Gasteiger partial charge in [0.15, 0.2) is 0 Å². The van der Waals surface area contributed by atoms with Crippen molar-refractivity contribution in [2.24, 2.45) is 0 Å². The molecular weight excluding hydrogens is 458 g/mol. The molecule has 1 fully saturated rings. The van der Waals surface area contributed by atoms with E-state index >= 15 is 0 Å². The summed E-state index contributed by atoms with van der Waals surface area (Å²) in [6.07, 6.45) is 2.78. The van der Waals surface area contributed by atoms with Gasteiger partial charge in [-0.3, -0.25) is 9.59 Å². The third-order valence-corrected chi connectivity index (χ3v) is 6.31. The molecule has 9 heteroatoms. The van der Waals surface area contributed by atoms with Crippen molar-refractivity contribution in [3.8, 4) is 5.75 Å². The highest BCUT2D eigenvalue weighted by atomic mass is 35.5. The van der Waals surface area contributed by atoms with Gasteiger partial charge in [-0.1, -0.05) is 17.7 Å². The van der Waals surface area contributed by atoms with Gasteiger partial charge in [0.05, 0.1) is 18.7 Å². The number of carbonyl (C=O) groups excluding carboxylic acids is 2. The van der Waals surface area contributed by atoms with Crippen LogP contribution in [-0.2, 0) is 4.74 Å². The second kappa shape index (κ2) is 10.2. The zero-order valence-corrected chi connectivity index (χ0v) is 19.8. The van der Waals surface area contributed by atoms with Crippen molar-refractivity contribution in [1.29, 1.82) is 0 Å². The minimum Gasteiger partial charge on any atom is -0.495 e. The number of hydrogen-bond donors (Lipinski definition) is 1. The molecular formula is C25H26ClN3O5. The Hall–Kier alpha value is -3.52. The Labute approximate surface area is 202 Å². The van der Waals surface area contributed by atoms with Crippen molar-refractivity contribution < 1.29 is 19.1 Å². The van der Waals surface area contributed by atoms with Crippen molar-refractivity contribution in [3.63, 3.8) is 0 Å². The summed E-state index contributed by atoms with van der Waals surface area (Å²) in [6.45, 7) is 3.19. The number of halogens is 1. The average Bonchev–Trinajstić information content (AvgIpc) is 2.85. The summed E-state index contributed by atoms with van der Waals surface area (Å²) in [5.74, 6) is 0.143. The van der Waals surface area contributed by atoms with E-state index in [1.54, 1.807) is 52.9 Å². The summed E-state index contributed by atoms with van der Waals surface area (Å²) in [5.41, 5.74) is 0.788. The van der Waals surface area contributed by atoms with Crippen LogP contribution in [0.25, 0.3) is 10.8 Å². The van der Waals surface area contributed by atoms with Crippen LogP contribution in [0.5, 0.6) is 5.75 Å². The molecule has 1 aromatic heterocycles. The molecule has 34 heavy (non-hydrogen) atoms. The minimum absolute atomic E-state index is 0.0118. The summed E-state index contributed by atoms with van der Waals surface area (Å²) in [6, 6.07) is 11.9. The van der Waals surface area contributed by atoms with Crippen LogP contribution in [0.15, 0.2) is 53.5 Å². The summed E-state index contributed by atoms with van der Waals surface area (Å²) in [5, 5.41) is 4.38. The largest absolute Gasteiger partial charge is 0.495 e. The number of carbonyl (C=O) groups is 2. The number of piperidine rings is 1. The fourth-order valence-corrected chi connectivity index (χ4v) is 4.49. The fraction of sp³-hybridized carbons (Fsp3) is 0.320. The quantitative estimate of drug-likeness (QED) is 0.567. The van der Waals surface area contributed by atoms with E-state index in [9.17, 15) is 14.4 Å². The lowest BCUT2D eigenvalue weighted by Gasteiger charge is -2.32. The Morgan fingerprint density at radius 3 is 2.56 bits per heavy atom. The summed E-state index contributed by atoms with van der Waals surface area (Å²) >= 11 is 6.15. The molecule has 2 amide bonds. The number of amides is 2. The first-order valence-corrected chi connectivity index (χ1v) is 11.5. The van der Waals surface area contributed by atoms with Gasteiger partial charge in [0.2, 0.25) is 0 Å². The van der Waals surface area contributed by atoms with Gasteiger partial charge in [0, 0.05) is 47.4 Å². The normalized spacial score (nSPS) is 14.1. The molecule has 0 bridgehead atoms. The maximum Gasteiger partial charge on any atom is 0.409 e. The van der Waals surface area contributed by atoms with Gasteiger partial charge < -0.3 is 24.3 Å². The molecule has 4 rings (SSSR count). The highest BCUT2D eigenvalue weighted by molar-refractivity contribution is 6.32. The lowest BCUT2D eigenvalue weighted by atomic mass is 10.0. The van der Waals surface area contributed by atoms with Gasteiger partial charge in [0.1, 0.15) is 5.75 Å². The van der Waals surface area contributed by atoms with Crippen LogP contribution in [0.3, 0.4) is 0 Å². The SMILES string of the molecule is CCOC(=O)N1CCC(n2ccc3c(NC(=O)c4ccc(OC)c(Cl)c4)cccc3c2=O)CC1. The predicted molar refractivity (Wildman–Crippen MR) is 131 cm³/mol. The number of benzene rings is 2. The van der Waals surface area contributed by atoms with Crippen LogP contribution in [0.1, 0.15) is 36.2 Å². The van der Waals surface area contributed by atoms with Crippen LogP contribution >= 0.6 is 11.6 Å². The van der Waals surface area contributed by atoms with Crippen molar-refractivity contribution in [2.75, 3.05) is 32.1 Å². The maximum atomic E-state index is 13.3. The molecule has 2 heterocycles. The zero-order chi connectivity index (χ0) is 24.2. The Balaban J connectivity index is 1.55. The molecule has 2 aromatic carbocycles. The second-order valence-corrected chi connectivity index (χ2v) is 8.42. The van der Waals surface area contributed by atoms with Crippen LogP contribution in [0, 0.1) is 0 Å². The highest BCUT2D eigenvalue weighted by Crippen LogP contribution is 2.28. The molecule has 1 aliphatic heterocycles. The van der Waals surface area contributed by atoms with Gasteiger partial charge in [-0.15, -0.1) is 0 Å². The first-order chi connectivity index (χ1) is 16.4. The maximum absolute atomic E-state index is 13.3. The number of pyridine rings is 1. The lowest BCUT2D eigenvalue weighted by molar-refractivity contribution is 0.0923. The molecule has 0 aliphatic carbocycles. The molecule has 8 nitrogen and oxygen atoms in total. The van der Waals surface area contributed by atoms with E-state index in [-0.39, 0.29) is 23.6 Å². The number of hydrogen-bond acceptors (Lipinski definition) is 5. The van der Waals surface area contributed by atoms with E-state index in [0.29, 0.717) is 65.3 Å². The van der Waals surface area contributed by atoms with Crippen LogP contribution < -0.4 is 15.6 Å². The first kappa shape index (κ1) is 23.6. The van der Waals surface area contributed by atoms with Crippen molar-refractivity contribution in [2.45, 2.75) is 25.8 Å². The Morgan fingerprint density at radius 1 is 1.12 bits per heavy atom. The number of ether oxygens (including phenoxy) is 2. The van der Waals surface area contributed by atoms with E-state index < -0.39 is 0 Å². The first-order valence-electron chi connectivity index (χ1n) is 11.1. The number of methoxy groups -OCH3 is 1. The lowest BCUT2D eigenvalue weighted by Crippen LogP contribution is -2.41. The number of nitrogens with one attached hydrogen (secondary N) is 1. The summed E-state index contributed by atoms with van der Waals surface area (Å²) in [4.78, 5) is 39.7. The molecule has 178 valence electrons. The molecule has 3 aromatic rings. The smallest absolute Gasteiger partial charge is 0.409 e. The van der Waals surface area contributed by atoms with Crippen molar-refractivity contribution in [3.05, 3.63) is 69.6 Å². The Morgan fingerprint density at radius 2 is 1.88 bits per heavy atom. The van der Waals surface area contributed by atoms with Gasteiger partial charge >= 0.3 is 6.09 Å². The van der Waals surface area contributed by atoms with Gasteiger partial charge in [-0.05, 0) is 56.2 Å². The number of fused-ring (bicyclic) bond motifs is 1. The number of nitrogens with zero attached hydrogens (tertiary/aromatic N) is 2. The Bertz CT molecular complexity index is 1280. The highest BCUT2D eigenvalue weighted by Gasteiger charge is 2.25. The number of aromatic nitrogens is 1. The van der Waals surface area contributed by atoms with E-state index in [1.807, 2.05) is 6.07 Å².